The standard InChI is InChI=1S/C15H26OSi/c1-3-5-6-7-11-16-15-13(4-2)9-8-10-14(15)12-17/h8-10H,3-7,11-12H2,1-2,17H3. The van der Waals surface area contributed by atoms with Gasteiger partial charge in [-0.05, 0) is 30.0 Å². The van der Waals surface area contributed by atoms with Gasteiger partial charge in [0.25, 0.3) is 0 Å². The quantitative estimate of drug-likeness (QED) is 0.509. The van der Waals surface area contributed by atoms with Gasteiger partial charge in [-0.2, -0.15) is 0 Å². The zero-order valence-electron chi connectivity index (χ0n) is 11.6. The molecule has 0 aliphatic heterocycles. The van der Waals surface area contributed by atoms with Crippen LogP contribution in [0.25, 0.3) is 0 Å². The third-order valence-corrected chi connectivity index (χ3v) is 3.95. The highest BCUT2D eigenvalue weighted by Gasteiger charge is 2.06. The first-order valence-corrected chi connectivity index (χ1v) is 8.48. The summed E-state index contributed by atoms with van der Waals surface area (Å²) in [6, 6.07) is 7.77. The number of aryl methyl sites for hydroxylation is 1. The Hall–Kier alpha value is -0.763. The zero-order valence-corrected chi connectivity index (χ0v) is 13.6. The lowest BCUT2D eigenvalue weighted by molar-refractivity contribution is 0.300. The second-order valence-corrected chi connectivity index (χ2v) is 5.23. The molecule has 1 aromatic rings. The van der Waals surface area contributed by atoms with Gasteiger partial charge < -0.3 is 4.74 Å². The summed E-state index contributed by atoms with van der Waals surface area (Å²) >= 11 is 0. The normalized spacial score (nSPS) is 10.7. The summed E-state index contributed by atoms with van der Waals surface area (Å²) in [5.74, 6) is 1.18. The number of hydrogen-bond acceptors (Lipinski definition) is 1. The van der Waals surface area contributed by atoms with Crippen molar-refractivity contribution in [1.82, 2.24) is 0 Å². The van der Waals surface area contributed by atoms with Crippen molar-refractivity contribution in [3.8, 4) is 5.75 Å². The Labute approximate surface area is 109 Å². The molecule has 1 nitrogen and oxygen atoms in total. The molecule has 0 atom stereocenters. The van der Waals surface area contributed by atoms with Crippen LogP contribution in [0, 0.1) is 0 Å². The van der Waals surface area contributed by atoms with Gasteiger partial charge in [0.2, 0.25) is 0 Å². The molecule has 0 unspecified atom stereocenters. The molecule has 0 bridgehead atoms. The predicted molar refractivity (Wildman–Crippen MR) is 79.1 cm³/mol. The molecule has 0 spiro atoms. The smallest absolute Gasteiger partial charge is 0.125 e. The van der Waals surface area contributed by atoms with E-state index >= 15 is 0 Å². The zero-order chi connectivity index (χ0) is 12.5. The Morgan fingerprint density at radius 3 is 2.47 bits per heavy atom. The van der Waals surface area contributed by atoms with Crippen molar-refractivity contribution < 1.29 is 4.74 Å². The molecule has 0 aromatic heterocycles. The minimum Gasteiger partial charge on any atom is -0.493 e. The topological polar surface area (TPSA) is 9.23 Å². The van der Waals surface area contributed by atoms with Crippen LogP contribution in [0.5, 0.6) is 5.75 Å². The van der Waals surface area contributed by atoms with Crippen LogP contribution >= 0.6 is 0 Å². The van der Waals surface area contributed by atoms with E-state index in [1.807, 2.05) is 0 Å². The van der Waals surface area contributed by atoms with Crippen molar-refractivity contribution in [1.29, 1.82) is 0 Å². The molecule has 0 N–H and O–H groups in total. The molecule has 1 rings (SSSR count). The third-order valence-electron chi connectivity index (χ3n) is 3.18. The van der Waals surface area contributed by atoms with Gasteiger partial charge in [0.05, 0.1) is 6.61 Å². The van der Waals surface area contributed by atoms with E-state index in [0.717, 1.165) is 13.0 Å². The Kier molecular flexibility index (Phi) is 7.02. The molecule has 17 heavy (non-hydrogen) atoms. The predicted octanol–water partition coefficient (Wildman–Crippen LogP) is 3.07. The van der Waals surface area contributed by atoms with Gasteiger partial charge >= 0.3 is 0 Å². The largest absolute Gasteiger partial charge is 0.493 e. The molecular weight excluding hydrogens is 224 g/mol. The number of benzene rings is 1. The average Bonchev–Trinajstić information content (AvgIpc) is 2.38. The maximum atomic E-state index is 6.02. The molecule has 96 valence electrons. The summed E-state index contributed by atoms with van der Waals surface area (Å²) < 4.78 is 6.02. The number of hydrogen-bond donors (Lipinski definition) is 0. The van der Waals surface area contributed by atoms with Crippen LogP contribution in [0.3, 0.4) is 0 Å². The Morgan fingerprint density at radius 2 is 1.82 bits per heavy atom. The summed E-state index contributed by atoms with van der Waals surface area (Å²) in [5, 5.41) is 0. The van der Waals surface area contributed by atoms with Crippen LogP contribution in [0.4, 0.5) is 0 Å². The molecule has 0 saturated carbocycles. The van der Waals surface area contributed by atoms with Crippen molar-refractivity contribution in [2.75, 3.05) is 6.61 Å². The third kappa shape index (κ3) is 4.54. The fourth-order valence-electron chi connectivity index (χ4n) is 2.08. The van der Waals surface area contributed by atoms with E-state index in [2.05, 4.69) is 32.0 Å². The van der Waals surface area contributed by atoms with Crippen molar-refractivity contribution in [3.63, 3.8) is 0 Å². The summed E-state index contributed by atoms with van der Waals surface area (Å²) in [6.45, 7) is 5.33. The first-order valence-electron chi connectivity index (χ1n) is 7.07. The van der Waals surface area contributed by atoms with Crippen LogP contribution in [0.1, 0.15) is 50.7 Å². The van der Waals surface area contributed by atoms with Gasteiger partial charge in [-0.15, -0.1) is 0 Å². The molecule has 0 amide bonds. The highest BCUT2D eigenvalue weighted by atomic mass is 28.1. The monoisotopic (exact) mass is 250 g/mol. The van der Waals surface area contributed by atoms with E-state index in [1.165, 1.54) is 58.8 Å². The average molecular weight is 250 g/mol. The second kappa shape index (κ2) is 8.35. The minimum absolute atomic E-state index is 0.881. The number of para-hydroxylation sites is 1. The number of rotatable bonds is 8. The van der Waals surface area contributed by atoms with E-state index < -0.39 is 0 Å². The van der Waals surface area contributed by atoms with E-state index in [4.69, 9.17) is 4.74 Å². The summed E-state index contributed by atoms with van der Waals surface area (Å²) in [4.78, 5) is 0. The van der Waals surface area contributed by atoms with Gasteiger partial charge in [0, 0.05) is 10.2 Å². The maximum Gasteiger partial charge on any atom is 0.125 e. The number of unbranched alkanes of at least 4 members (excludes halogenated alkanes) is 3. The van der Waals surface area contributed by atoms with Gasteiger partial charge in [0.1, 0.15) is 5.75 Å². The van der Waals surface area contributed by atoms with Crippen molar-refractivity contribution in [3.05, 3.63) is 29.3 Å². The van der Waals surface area contributed by atoms with E-state index in [0.29, 0.717) is 0 Å². The lowest BCUT2D eigenvalue weighted by Gasteiger charge is -2.14. The molecule has 0 aliphatic rings. The summed E-state index contributed by atoms with van der Waals surface area (Å²) in [5.41, 5.74) is 2.78. The lowest BCUT2D eigenvalue weighted by atomic mass is 10.1. The van der Waals surface area contributed by atoms with Crippen molar-refractivity contribution in [2.45, 2.75) is 52.0 Å². The summed E-state index contributed by atoms with van der Waals surface area (Å²) in [6.07, 6.45) is 6.16. The van der Waals surface area contributed by atoms with Gasteiger partial charge in [-0.25, -0.2) is 0 Å². The minimum atomic E-state index is 0.881. The van der Waals surface area contributed by atoms with Gasteiger partial charge in [-0.3, -0.25) is 0 Å². The number of ether oxygens (including phenoxy) is 1. The summed E-state index contributed by atoms with van der Waals surface area (Å²) in [7, 11) is 1.21. The molecule has 0 saturated heterocycles. The molecule has 0 radical (unpaired) electrons. The van der Waals surface area contributed by atoms with Crippen LogP contribution in [-0.4, -0.2) is 16.8 Å². The fraction of sp³-hybridized carbons (Fsp3) is 0.600. The SMILES string of the molecule is CCCCCCOc1c(CC)cccc1C[SiH3]. The maximum absolute atomic E-state index is 6.02. The molecule has 0 heterocycles. The molecule has 1 aromatic carbocycles. The lowest BCUT2D eigenvalue weighted by Crippen LogP contribution is -2.03. The first kappa shape index (κ1) is 14.3. The van der Waals surface area contributed by atoms with E-state index in [9.17, 15) is 0 Å². The van der Waals surface area contributed by atoms with E-state index in [-0.39, 0.29) is 0 Å². The molecular formula is C15H26OSi. The van der Waals surface area contributed by atoms with Crippen molar-refractivity contribution >= 4 is 10.2 Å². The van der Waals surface area contributed by atoms with Crippen LogP contribution < -0.4 is 4.74 Å². The molecule has 0 fully saturated rings. The van der Waals surface area contributed by atoms with Crippen LogP contribution in [0.2, 0.25) is 0 Å². The highest BCUT2D eigenvalue weighted by Crippen LogP contribution is 2.25. The van der Waals surface area contributed by atoms with Crippen LogP contribution in [0.15, 0.2) is 18.2 Å². The fourth-order valence-corrected chi connectivity index (χ4v) is 2.64. The van der Waals surface area contributed by atoms with E-state index in [1.54, 1.807) is 0 Å². The van der Waals surface area contributed by atoms with Crippen LogP contribution in [-0.2, 0) is 12.5 Å². The van der Waals surface area contributed by atoms with Gasteiger partial charge in [0.15, 0.2) is 0 Å². The Morgan fingerprint density at radius 1 is 1.06 bits per heavy atom. The van der Waals surface area contributed by atoms with Gasteiger partial charge in [-0.1, -0.05) is 51.3 Å². The second-order valence-electron chi connectivity index (χ2n) is 4.52. The molecule has 2 heteroatoms. The molecule has 0 aliphatic carbocycles. The Bertz CT molecular complexity index is 300. The first-order chi connectivity index (χ1) is 8.33. The highest BCUT2D eigenvalue weighted by molar-refractivity contribution is 6.08. The van der Waals surface area contributed by atoms with Crippen molar-refractivity contribution in [2.24, 2.45) is 0 Å². The Balaban J connectivity index is 2.55.